The zero-order chi connectivity index (χ0) is 17.3. The van der Waals surface area contributed by atoms with Crippen LogP contribution in [-0.2, 0) is 17.6 Å². The van der Waals surface area contributed by atoms with Crippen LogP contribution in [0, 0.1) is 0 Å². The molecule has 2 aromatic rings. The first-order valence-corrected chi connectivity index (χ1v) is 8.37. The van der Waals surface area contributed by atoms with Gasteiger partial charge in [0.25, 0.3) is 0 Å². The van der Waals surface area contributed by atoms with E-state index in [9.17, 15) is 9.59 Å². The summed E-state index contributed by atoms with van der Waals surface area (Å²) in [6.07, 6.45) is 2.14. The SMILES string of the molecule is CC(C)NC(=O)NC(=O)C(C)Nc1ccc2c3c(cccc13)CC2. The zero-order valence-electron chi connectivity index (χ0n) is 14.3. The summed E-state index contributed by atoms with van der Waals surface area (Å²) in [6.45, 7) is 5.44. The first kappa shape index (κ1) is 16.3. The third-order valence-electron chi connectivity index (χ3n) is 4.30. The maximum Gasteiger partial charge on any atom is 0.321 e. The molecular weight excluding hydrogens is 302 g/mol. The molecule has 0 spiro atoms. The highest BCUT2D eigenvalue weighted by Crippen LogP contribution is 2.35. The highest BCUT2D eigenvalue weighted by Gasteiger charge is 2.19. The van der Waals surface area contributed by atoms with Crippen molar-refractivity contribution in [1.29, 1.82) is 0 Å². The molecular formula is C19H23N3O2. The number of carbonyl (C=O) groups is 2. The van der Waals surface area contributed by atoms with Gasteiger partial charge in [-0.3, -0.25) is 10.1 Å². The molecule has 0 aliphatic heterocycles. The van der Waals surface area contributed by atoms with Crippen LogP contribution in [0.2, 0.25) is 0 Å². The molecule has 0 aromatic heterocycles. The minimum absolute atomic E-state index is 0.0161. The summed E-state index contributed by atoms with van der Waals surface area (Å²) in [6, 6.07) is 9.44. The third kappa shape index (κ3) is 3.20. The average Bonchev–Trinajstić information content (AvgIpc) is 2.94. The van der Waals surface area contributed by atoms with E-state index in [1.165, 1.54) is 16.5 Å². The van der Waals surface area contributed by atoms with Gasteiger partial charge in [0, 0.05) is 17.1 Å². The summed E-state index contributed by atoms with van der Waals surface area (Å²) in [7, 11) is 0. The van der Waals surface area contributed by atoms with E-state index in [1.54, 1.807) is 6.92 Å². The number of nitrogens with one attached hydrogen (secondary N) is 3. The summed E-state index contributed by atoms with van der Waals surface area (Å²) < 4.78 is 0. The third-order valence-corrected chi connectivity index (χ3v) is 4.30. The molecule has 0 radical (unpaired) electrons. The van der Waals surface area contributed by atoms with E-state index in [0.717, 1.165) is 23.9 Å². The number of anilines is 1. The van der Waals surface area contributed by atoms with E-state index in [2.05, 4.69) is 40.2 Å². The Kier molecular flexibility index (Phi) is 4.42. The minimum atomic E-state index is -0.513. The van der Waals surface area contributed by atoms with E-state index in [4.69, 9.17) is 0 Å². The molecule has 1 aliphatic rings. The van der Waals surface area contributed by atoms with Crippen LogP contribution in [0.25, 0.3) is 10.8 Å². The number of urea groups is 1. The first-order chi connectivity index (χ1) is 11.5. The first-order valence-electron chi connectivity index (χ1n) is 8.37. The Hall–Kier alpha value is -2.56. The predicted molar refractivity (Wildman–Crippen MR) is 96.3 cm³/mol. The second-order valence-electron chi connectivity index (χ2n) is 6.60. The number of rotatable bonds is 4. The topological polar surface area (TPSA) is 70.2 Å². The lowest BCUT2D eigenvalue weighted by molar-refractivity contribution is -0.120. The van der Waals surface area contributed by atoms with Crippen molar-refractivity contribution in [2.45, 2.75) is 45.7 Å². The predicted octanol–water partition coefficient (Wildman–Crippen LogP) is 2.97. The van der Waals surface area contributed by atoms with Gasteiger partial charge in [0.1, 0.15) is 6.04 Å². The van der Waals surface area contributed by atoms with Gasteiger partial charge in [-0.1, -0.05) is 24.3 Å². The van der Waals surface area contributed by atoms with Crippen molar-refractivity contribution in [2.75, 3.05) is 5.32 Å². The number of benzene rings is 2. The molecule has 0 bridgehead atoms. The molecule has 3 rings (SSSR count). The van der Waals surface area contributed by atoms with Crippen molar-refractivity contribution in [3.63, 3.8) is 0 Å². The second-order valence-corrected chi connectivity index (χ2v) is 6.60. The number of hydrogen-bond acceptors (Lipinski definition) is 3. The molecule has 1 aliphatic carbocycles. The molecule has 0 heterocycles. The highest BCUT2D eigenvalue weighted by molar-refractivity contribution is 6.02. The van der Waals surface area contributed by atoms with E-state index in [-0.39, 0.29) is 11.9 Å². The Balaban J connectivity index is 1.76. The van der Waals surface area contributed by atoms with Gasteiger partial charge in [-0.2, -0.15) is 0 Å². The second kappa shape index (κ2) is 6.51. The molecule has 3 amide bonds. The standard InChI is InChI=1S/C19H23N3O2/c1-11(2)20-19(24)22-18(23)12(3)21-16-10-9-14-8-7-13-5-4-6-15(16)17(13)14/h4-6,9-12,21H,7-8H2,1-3H3,(H2,20,22,23,24). The van der Waals surface area contributed by atoms with Crippen molar-refractivity contribution in [3.05, 3.63) is 41.5 Å². The number of imide groups is 1. The summed E-state index contributed by atoms with van der Waals surface area (Å²) in [5.41, 5.74) is 3.64. The lowest BCUT2D eigenvalue weighted by Crippen LogP contribution is -2.47. The van der Waals surface area contributed by atoms with E-state index in [1.807, 2.05) is 19.9 Å². The van der Waals surface area contributed by atoms with Crippen molar-refractivity contribution < 1.29 is 9.59 Å². The van der Waals surface area contributed by atoms with Gasteiger partial charge in [0.15, 0.2) is 0 Å². The zero-order valence-corrected chi connectivity index (χ0v) is 14.3. The maximum atomic E-state index is 12.2. The highest BCUT2D eigenvalue weighted by atomic mass is 16.2. The fraction of sp³-hybridized carbons (Fsp3) is 0.368. The number of amides is 3. The van der Waals surface area contributed by atoms with Crippen LogP contribution in [0.15, 0.2) is 30.3 Å². The molecule has 126 valence electrons. The van der Waals surface area contributed by atoms with Gasteiger partial charge < -0.3 is 10.6 Å². The van der Waals surface area contributed by atoms with Gasteiger partial charge in [0.05, 0.1) is 0 Å². The van der Waals surface area contributed by atoms with Crippen molar-refractivity contribution in [1.82, 2.24) is 10.6 Å². The number of carbonyl (C=O) groups excluding carboxylic acids is 2. The minimum Gasteiger partial charge on any atom is -0.373 e. The quantitative estimate of drug-likeness (QED) is 0.809. The van der Waals surface area contributed by atoms with Crippen molar-refractivity contribution >= 4 is 28.4 Å². The van der Waals surface area contributed by atoms with Crippen LogP contribution in [-0.4, -0.2) is 24.0 Å². The largest absolute Gasteiger partial charge is 0.373 e. The molecule has 3 N–H and O–H groups in total. The molecule has 1 unspecified atom stereocenters. The molecule has 24 heavy (non-hydrogen) atoms. The van der Waals surface area contributed by atoms with E-state index in [0.29, 0.717) is 0 Å². The molecule has 2 aromatic carbocycles. The summed E-state index contributed by atoms with van der Waals surface area (Å²) in [4.78, 5) is 23.8. The maximum absolute atomic E-state index is 12.2. The van der Waals surface area contributed by atoms with Gasteiger partial charge in [-0.15, -0.1) is 0 Å². The fourth-order valence-corrected chi connectivity index (χ4v) is 3.19. The summed E-state index contributed by atoms with van der Waals surface area (Å²) in [5, 5.41) is 10.7. The van der Waals surface area contributed by atoms with Crippen LogP contribution in [0.4, 0.5) is 10.5 Å². The Morgan fingerprint density at radius 1 is 1.00 bits per heavy atom. The molecule has 5 nitrogen and oxygen atoms in total. The summed E-state index contributed by atoms with van der Waals surface area (Å²) >= 11 is 0. The smallest absolute Gasteiger partial charge is 0.321 e. The normalized spacial score (nSPS) is 13.8. The van der Waals surface area contributed by atoms with E-state index >= 15 is 0 Å². The molecule has 0 fully saturated rings. The van der Waals surface area contributed by atoms with Crippen molar-refractivity contribution in [2.24, 2.45) is 0 Å². The average molecular weight is 325 g/mol. The van der Waals surface area contributed by atoms with Gasteiger partial charge >= 0.3 is 6.03 Å². The van der Waals surface area contributed by atoms with Gasteiger partial charge in [-0.05, 0) is 56.2 Å². The van der Waals surface area contributed by atoms with Crippen molar-refractivity contribution in [3.8, 4) is 0 Å². The van der Waals surface area contributed by atoms with Gasteiger partial charge in [0.2, 0.25) is 5.91 Å². The van der Waals surface area contributed by atoms with Crippen LogP contribution in [0.5, 0.6) is 0 Å². The lowest BCUT2D eigenvalue weighted by atomic mass is 10.0. The molecule has 1 atom stereocenters. The monoisotopic (exact) mass is 325 g/mol. The Morgan fingerprint density at radius 3 is 2.42 bits per heavy atom. The number of aryl methyl sites for hydroxylation is 2. The number of hydrogen-bond donors (Lipinski definition) is 3. The summed E-state index contributed by atoms with van der Waals surface area (Å²) in [5.74, 6) is -0.351. The Morgan fingerprint density at radius 2 is 1.71 bits per heavy atom. The lowest BCUT2D eigenvalue weighted by Gasteiger charge is -2.18. The van der Waals surface area contributed by atoms with Crippen LogP contribution in [0.1, 0.15) is 31.9 Å². The van der Waals surface area contributed by atoms with Crippen LogP contribution in [0.3, 0.4) is 0 Å². The van der Waals surface area contributed by atoms with Crippen LogP contribution < -0.4 is 16.0 Å². The fourth-order valence-electron chi connectivity index (χ4n) is 3.19. The molecule has 5 heteroatoms. The molecule has 0 saturated heterocycles. The van der Waals surface area contributed by atoms with Crippen LogP contribution >= 0.6 is 0 Å². The van der Waals surface area contributed by atoms with E-state index < -0.39 is 12.1 Å². The Labute approximate surface area is 141 Å². The Bertz CT molecular complexity index is 788. The molecule has 0 saturated carbocycles. The van der Waals surface area contributed by atoms with Gasteiger partial charge in [-0.25, -0.2) is 4.79 Å².